The Hall–Kier alpha value is 0.270. The zero-order chi connectivity index (χ0) is 12.7. The van der Waals surface area contributed by atoms with Crippen LogP contribution in [0.5, 0.6) is 0 Å². The minimum absolute atomic E-state index is 0.531. The highest BCUT2D eigenvalue weighted by Gasteiger charge is 2.21. The van der Waals surface area contributed by atoms with E-state index in [4.69, 9.17) is 0 Å². The summed E-state index contributed by atoms with van der Waals surface area (Å²) in [6, 6.07) is 0.531. The van der Waals surface area contributed by atoms with Gasteiger partial charge in [-0.25, -0.2) is 0 Å². The molecule has 17 heavy (non-hydrogen) atoms. The fourth-order valence-electron chi connectivity index (χ4n) is 2.64. The summed E-state index contributed by atoms with van der Waals surface area (Å²) < 4.78 is 0. The third-order valence-corrected chi connectivity index (χ3v) is 4.68. The summed E-state index contributed by atoms with van der Waals surface area (Å²) in [5.74, 6) is 1.78. The first-order valence-electron chi connectivity index (χ1n) is 6.98. The van der Waals surface area contributed by atoms with Gasteiger partial charge in [-0.2, -0.15) is 11.8 Å². The van der Waals surface area contributed by atoms with E-state index >= 15 is 0 Å². The van der Waals surface area contributed by atoms with E-state index in [1.807, 2.05) is 13.2 Å². The molecule has 2 nitrogen and oxygen atoms in total. The van der Waals surface area contributed by atoms with Gasteiger partial charge in [0.2, 0.25) is 0 Å². The fourth-order valence-corrected chi connectivity index (χ4v) is 3.37. The maximum atomic E-state index is 10.1. The number of aliphatic hydroxyl groups is 1. The molecule has 0 amide bonds. The summed E-state index contributed by atoms with van der Waals surface area (Å²) in [5, 5.41) is 13.5. The summed E-state index contributed by atoms with van der Waals surface area (Å²) in [5.41, 5.74) is -0.568. The van der Waals surface area contributed by atoms with Crippen LogP contribution in [-0.4, -0.2) is 35.3 Å². The van der Waals surface area contributed by atoms with Gasteiger partial charge in [0, 0.05) is 18.3 Å². The second-order valence-corrected chi connectivity index (χ2v) is 6.81. The fraction of sp³-hybridized carbons (Fsp3) is 1.00. The van der Waals surface area contributed by atoms with E-state index in [0.29, 0.717) is 12.6 Å². The molecule has 2 N–H and O–H groups in total. The topological polar surface area (TPSA) is 32.3 Å². The largest absolute Gasteiger partial charge is 0.388 e. The van der Waals surface area contributed by atoms with Crippen LogP contribution in [0.3, 0.4) is 0 Å². The Morgan fingerprint density at radius 1 is 1.41 bits per heavy atom. The highest BCUT2D eigenvalue weighted by atomic mass is 32.2. The average Bonchev–Trinajstić information content (AvgIpc) is 2.76. The number of nitrogens with one attached hydrogen (secondary N) is 1. The van der Waals surface area contributed by atoms with Gasteiger partial charge < -0.3 is 10.4 Å². The Balaban J connectivity index is 2.09. The van der Waals surface area contributed by atoms with E-state index in [2.05, 4.69) is 12.2 Å². The van der Waals surface area contributed by atoms with Crippen LogP contribution >= 0.6 is 11.8 Å². The van der Waals surface area contributed by atoms with E-state index in [-0.39, 0.29) is 0 Å². The van der Waals surface area contributed by atoms with Crippen molar-refractivity contribution in [2.24, 2.45) is 5.92 Å². The van der Waals surface area contributed by atoms with Crippen LogP contribution in [-0.2, 0) is 0 Å². The monoisotopic (exact) mass is 259 g/mol. The van der Waals surface area contributed by atoms with Gasteiger partial charge in [-0.05, 0) is 38.9 Å². The van der Waals surface area contributed by atoms with Crippen molar-refractivity contribution in [3.05, 3.63) is 0 Å². The molecule has 1 aliphatic rings. The standard InChI is InChI=1S/C14H29NOS/c1-12(8-9-13-6-4-5-7-13)15-10-14(2,16)11-17-3/h12-13,15-16H,4-11H2,1-3H3. The van der Waals surface area contributed by atoms with Gasteiger partial charge in [-0.15, -0.1) is 0 Å². The van der Waals surface area contributed by atoms with Gasteiger partial charge in [0.15, 0.2) is 0 Å². The van der Waals surface area contributed by atoms with Gasteiger partial charge in [0.25, 0.3) is 0 Å². The molecule has 2 unspecified atom stereocenters. The van der Waals surface area contributed by atoms with E-state index < -0.39 is 5.60 Å². The Kier molecular flexibility index (Phi) is 6.90. The van der Waals surface area contributed by atoms with Crippen molar-refractivity contribution in [1.82, 2.24) is 5.32 Å². The highest BCUT2D eigenvalue weighted by molar-refractivity contribution is 7.98. The Bertz CT molecular complexity index is 202. The first-order chi connectivity index (χ1) is 8.03. The SMILES string of the molecule is CSCC(C)(O)CNC(C)CCC1CCCC1. The lowest BCUT2D eigenvalue weighted by Gasteiger charge is -2.25. The molecule has 0 aromatic heterocycles. The van der Waals surface area contributed by atoms with Crippen LogP contribution in [0.4, 0.5) is 0 Å². The van der Waals surface area contributed by atoms with E-state index in [1.165, 1.54) is 38.5 Å². The van der Waals surface area contributed by atoms with Crippen molar-refractivity contribution in [2.75, 3.05) is 18.6 Å². The van der Waals surface area contributed by atoms with Crippen molar-refractivity contribution in [3.63, 3.8) is 0 Å². The summed E-state index contributed by atoms with van der Waals surface area (Å²) >= 11 is 1.70. The number of thioether (sulfide) groups is 1. The molecular formula is C14H29NOS. The molecule has 0 bridgehead atoms. The first kappa shape index (κ1) is 15.3. The molecule has 0 spiro atoms. The second kappa shape index (κ2) is 7.65. The van der Waals surface area contributed by atoms with Crippen LogP contribution in [0.2, 0.25) is 0 Å². The van der Waals surface area contributed by atoms with Crippen molar-refractivity contribution in [2.45, 2.75) is 64.0 Å². The molecule has 1 aliphatic carbocycles. The van der Waals surface area contributed by atoms with E-state index in [1.54, 1.807) is 11.8 Å². The number of hydrogen-bond acceptors (Lipinski definition) is 3. The van der Waals surface area contributed by atoms with Crippen LogP contribution in [0.1, 0.15) is 52.4 Å². The summed E-state index contributed by atoms with van der Waals surface area (Å²) in [6.45, 7) is 4.87. The molecule has 1 rings (SSSR count). The third kappa shape index (κ3) is 6.68. The molecule has 1 fully saturated rings. The Morgan fingerprint density at radius 2 is 2.06 bits per heavy atom. The smallest absolute Gasteiger partial charge is 0.0833 e. The van der Waals surface area contributed by atoms with Crippen LogP contribution in [0.25, 0.3) is 0 Å². The van der Waals surface area contributed by atoms with Crippen LogP contribution in [0.15, 0.2) is 0 Å². The van der Waals surface area contributed by atoms with Gasteiger partial charge in [0.05, 0.1) is 5.60 Å². The van der Waals surface area contributed by atoms with E-state index in [0.717, 1.165) is 11.7 Å². The van der Waals surface area contributed by atoms with Crippen molar-refractivity contribution < 1.29 is 5.11 Å². The lowest BCUT2D eigenvalue weighted by molar-refractivity contribution is 0.0814. The maximum Gasteiger partial charge on any atom is 0.0833 e. The minimum atomic E-state index is -0.568. The predicted molar refractivity (Wildman–Crippen MR) is 77.7 cm³/mol. The molecule has 0 saturated heterocycles. The lowest BCUT2D eigenvalue weighted by Crippen LogP contribution is -2.43. The van der Waals surface area contributed by atoms with Crippen molar-refractivity contribution in [1.29, 1.82) is 0 Å². The summed E-state index contributed by atoms with van der Waals surface area (Å²) in [4.78, 5) is 0. The van der Waals surface area contributed by atoms with Gasteiger partial charge >= 0.3 is 0 Å². The van der Waals surface area contributed by atoms with Gasteiger partial charge in [0.1, 0.15) is 0 Å². The second-order valence-electron chi connectivity index (χ2n) is 5.94. The highest BCUT2D eigenvalue weighted by Crippen LogP contribution is 2.28. The molecule has 0 radical (unpaired) electrons. The molecule has 102 valence electrons. The third-order valence-electron chi connectivity index (χ3n) is 3.77. The average molecular weight is 259 g/mol. The van der Waals surface area contributed by atoms with Crippen molar-refractivity contribution in [3.8, 4) is 0 Å². The summed E-state index contributed by atoms with van der Waals surface area (Å²) in [6.07, 6.45) is 10.4. The molecule has 1 saturated carbocycles. The molecule has 0 aromatic carbocycles. The molecule has 3 heteroatoms. The molecule has 2 atom stereocenters. The normalized spacial score (nSPS) is 22.6. The molecular weight excluding hydrogens is 230 g/mol. The van der Waals surface area contributed by atoms with Gasteiger partial charge in [-0.1, -0.05) is 25.7 Å². The number of hydrogen-bond donors (Lipinski definition) is 2. The quantitative estimate of drug-likeness (QED) is 0.703. The maximum absolute atomic E-state index is 10.1. The zero-order valence-electron chi connectivity index (χ0n) is 11.7. The van der Waals surface area contributed by atoms with Crippen LogP contribution < -0.4 is 5.32 Å². The van der Waals surface area contributed by atoms with Gasteiger partial charge in [-0.3, -0.25) is 0 Å². The van der Waals surface area contributed by atoms with E-state index in [9.17, 15) is 5.11 Å². The lowest BCUT2D eigenvalue weighted by atomic mass is 9.99. The zero-order valence-corrected chi connectivity index (χ0v) is 12.5. The predicted octanol–water partition coefficient (Wildman–Crippen LogP) is 3.05. The van der Waals surface area contributed by atoms with Crippen LogP contribution in [0, 0.1) is 5.92 Å². The Morgan fingerprint density at radius 3 is 2.65 bits per heavy atom. The number of rotatable bonds is 8. The molecule has 0 heterocycles. The van der Waals surface area contributed by atoms with Crippen molar-refractivity contribution >= 4 is 11.8 Å². The minimum Gasteiger partial charge on any atom is -0.388 e. The summed E-state index contributed by atoms with van der Waals surface area (Å²) in [7, 11) is 0. The Labute approximate surface area is 111 Å². The molecule has 0 aromatic rings. The first-order valence-corrected chi connectivity index (χ1v) is 8.37. The molecule has 0 aliphatic heterocycles.